The summed E-state index contributed by atoms with van der Waals surface area (Å²) in [5, 5.41) is 3.06. The van der Waals surface area contributed by atoms with Crippen molar-refractivity contribution in [3.63, 3.8) is 0 Å². The second-order valence-electron chi connectivity index (χ2n) is 8.27. The van der Waals surface area contributed by atoms with Crippen molar-refractivity contribution in [1.29, 1.82) is 0 Å². The van der Waals surface area contributed by atoms with Gasteiger partial charge in [0.25, 0.3) is 5.91 Å². The second kappa shape index (κ2) is 9.87. The summed E-state index contributed by atoms with van der Waals surface area (Å²) in [5.41, 5.74) is 0.615. The highest BCUT2D eigenvalue weighted by molar-refractivity contribution is 5.94. The average Bonchev–Trinajstić information content (AvgIpc) is 2.79. The number of benzene rings is 1. The van der Waals surface area contributed by atoms with Crippen LogP contribution < -0.4 is 5.32 Å². The molecule has 7 heteroatoms. The zero-order valence-corrected chi connectivity index (χ0v) is 17.5. The molecule has 1 aromatic carbocycles. The van der Waals surface area contributed by atoms with Crippen LogP contribution in [-0.4, -0.2) is 85.3 Å². The van der Waals surface area contributed by atoms with Crippen LogP contribution in [0.4, 0.5) is 0 Å². The fraction of sp³-hybridized carbons (Fsp3) is 0.591. The Balaban J connectivity index is 1.61. The van der Waals surface area contributed by atoms with Crippen molar-refractivity contribution in [3.05, 3.63) is 35.9 Å². The SMILES string of the molecule is CN1CCN(C(=O)C2CCCC(NC(=O)c3ccccc3)CN(C)C(=O)C2)CC1. The van der Waals surface area contributed by atoms with Crippen molar-refractivity contribution >= 4 is 17.7 Å². The molecule has 2 aliphatic rings. The highest BCUT2D eigenvalue weighted by atomic mass is 16.2. The van der Waals surface area contributed by atoms with Crippen LogP contribution >= 0.6 is 0 Å². The van der Waals surface area contributed by atoms with E-state index in [0.29, 0.717) is 18.5 Å². The molecule has 2 fully saturated rings. The van der Waals surface area contributed by atoms with E-state index in [2.05, 4.69) is 17.3 Å². The molecular formula is C22H32N4O3. The third kappa shape index (κ3) is 5.79. The van der Waals surface area contributed by atoms with Gasteiger partial charge in [-0.1, -0.05) is 24.6 Å². The molecule has 3 rings (SSSR count). The van der Waals surface area contributed by atoms with Crippen LogP contribution in [0.1, 0.15) is 36.0 Å². The maximum Gasteiger partial charge on any atom is 0.251 e. The molecule has 0 aromatic heterocycles. The number of hydrogen-bond donors (Lipinski definition) is 1. The summed E-state index contributed by atoms with van der Waals surface area (Å²) in [6.07, 6.45) is 2.50. The number of likely N-dealkylation sites (N-methyl/N-ethyl adjacent to an activating group) is 2. The minimum absolute atomic E-state index is 0.0293. The maximum absolute atomic E-state index is 13.0. The number of rotatable bonds is 3. The molecule has 2 unspecified atom stereocenters. The zero-order valence-electron chi connectivity index (χ0n) is 17.5. The Labute approximate surface area is 173 Å². The lowest BCUT2D eigenvalue weighted by atomic mass is 9.95. The number of nitrogens with one attached hydrogen (secondary N) is 1. The van der Waals surface area contributed by atoms with E-state index in [0.717, 1.165) is 39.0 Å². The quantitative estimate of drug-likeness (QED) is 0.828. The molecule has 0 bridgehead atoms. The minimum atomic E-state index is -0.267. The van der Waals surface area contributed by atoms with Gasteiger partial charge in [0.1, 0.15) is 0 Å². The van der Waals surface area contributed by atoms with Crippen molar-refractivity contribution in [1.82, 2.24) is 20.0 Å². The zero-order chi connectivity index (χ0) is 20.8. The van der Waals surface area contributed by atoms with Gasteiger partial charge >= 0.3 is 0 Å². The summed E-state index contributed by atoms with van der Waals surface area (Å²) in [6, 6.07) is 8.99. The van der Waals surface area contributed by atoms with Gasteiger partial charge in [0, 0.05) is 63.7 Å². The average molecular weight is 401 g/mol. The largest absolute Gasteiger partial charge is 0.348 e. The molecule has 158 valence electrons. The Morgan fingerprint density at radius 3 is 2.38 bits per heavy atom. The number of carbonyl (C=O) groups excluding carboxylic acids is 3. The van der Waals surface area contributed by atoms with Crippen LogP contribution in [0.2, 0.25) is 0 Å². The van der Waals surface area contributed by atoms with Gasteiger partial charge in [0.05, 0.1) is 0 Å². The monoisotopic (exact) mass is 400 g/mol. The third-order valence-electron chi connectivity index (χ3n) is 5.98. The number of piperazine rings is 1. The standard InChI is InChI=1S/C22H32N4O3/c1-24-11-13-26(14-12-24)22(29)18-9-6-10-19(16-25(2)20(27)15-18)23-21(28)17-7-4-3-5-8-17/h3-5,7-8,18-19H,6,9-16H2,1-2H3,(H,23,28). The van der Waals surface area contributed by atoms with Crippen LogP contribution in [0.15, 0.2) is 30.3 Å². The Hall–Kier alpha value is -2.41. The van der Waals surface area contributed by atoms with E-state index in [1.165, 1.54) is 0 Å². The van der Waals surface area contributed by atoms with E-state index < -0.39 is 0 Å². The molecule has 2 saturated heterocycles. The van der Waals surface area contributed by atoms with Crippen molar-refractivity contribution < 1.29 is 14.4 Å². The van der Waals surface area contributed by atoms with Gasteiger partial charge in [-0.05, 0) is 32.0 Å². The molecule has 2 aliphatic heterocycles. The van der Waals surface area contributed by atoms with Gasteiger partial charge in [-0.25, -0.2) is 0 Å². The van der Waals surface area contributed by atoms with E-state index in [1.54, 1.807) is 24.1 Å². The summed E-state index contributed by atoms with van der Waals surface area (Å²) < 4.78 is 0. The minimum Gasteiger partial charge on any atom is -0.348 e. The normalized spacial score (nSPS) is 24.4. The first-order valence-electron chi connectivity index (χ1n) is 10.5. The van der Waals surface area contributed by atoms with Gasteiger partial charge < -0.3 is 20.0 Å². The second-order valence-corrected chi connectivity index (χ2v) is 8.27. The van der Waals surface area contributed by atoms with E-state index in [1.807, 2.05) is 23.1 Å². The molecule has 1 N–H and O–H groups in total. The number of hydrogen-bond acceptors (Lipinski definition) is 4. The van der Waals surface area contributed by atoms with Crippen molar-refractivity contribution in [2.75, 3.05) is 46.8 Å². The molecule has 3 amide bonds. The summed E-state index contributed by atoms with van der Waals surface area (Å²) in [6.45, 7) is 3.67. The van der Waals surface area contributed by atoms with E-state index in [4.69, 9.17) is 0 Å². The van der Waals surface area contributed by atoms with Gasteiger partial charge in [-0.2, -0.15) is 0 Å². The van der Waals surface area contributed by atoms with Crippen molar-refractivity contribution in [2.45, 2.75) is 31.7 Å². The summed E-state index contributed by atoms with van der Waals surface area (Å²) in [5.74, 6) is -0.317. The van der Waals surface area contributed by atoms with Gasteiger partial charge in [0.15, 0.2) is 0 Å². The lowest BCUT2D eigenvalue weighted by Gasteiger charge is -2.34. The number of amides is 3. The Morgan fingerprint density at radius 1 is 1.00 bits per heavy atom. The first kappa shape index (κ1) is 21.3. The fourth-order valence-corrected chi connectivity index (χ4v) is 4.07. The highest BCUT2D eigenvalue weighted by Gasteiger charge is 2.31. The number of nitrogens with zero attached hydrogens (tertiary/aromatic N) is 3. The molecular weight excluding hydrogens is 368 g/mol. The smallest absolute Gasteiger partial charge is 0.251 e. The number of carbonyl (C=O) groups is 3. The first-order valence-corrected chi connectivity index (χ1v) is 10.5. The molecule has 0 saturated carbocycles. The van der Waals surface area contributed by atoms with E-state index in [-0.39, 0.29) is 36.1 Å². The first-order chi connectivity index (χ1) is 13.9. The van der Waals surface area contributed by atoms with Crippen LogP contribution in [0.25, 0.3) is 0 Å². The summed E-state index contributed by atoms with van der Waals surface area (Å²) >= 11 is 0. The Morgan fingerprint density at radius 2 is 1.69 bits per heavy atom. The predicted octanol–water partition coefficient (Wildman–Crippen LogP) is 1.21. The molecule has 29 heavy (non-hydrogen) atoms. The van der Waals surface area contributed by atoms with Crippen LogP contribution in [0, 0.1) is 5.92 Å². The van der Waals surface area contributed by atoms with E-state index in [9.17, 15) is 14.4 Å². The maximum atomic E-state index is 13.0. The van der Waals surface area contributed by atoms with Crippen LogP contribution in [0.3, 0.4) is 0 Å². The van der Waals surface area contributed by atoms with Crippen LogP contribution in [0.5, 0.6) is 0 Å². The molecule has 0 spiro atoms. The molecule has 2 heterocycles. The van der Waals surface area contributed by atoms with Gasteiger partial charge in [0.2, 0.25) is 11.8 Å². The lowest BCUT2D eigenvalue weighted by Crippen LogP contribution is -2.49. The molecule has 7 nitrogen and oxygen atoms in total. The molecule has 0 radical (unpaired) electrons. The summed E-state index contributed by atoms with van der Waals surface area (Å²) in [7, 11) is 3.82. The van der Waals surface area contributed by atoms with Crippen molar-refractivity contribution in [3.8, 4) is 0 Å². The van der Waals surface area contributed by atoms with Crippen LogP contribution in [-0.2, 0) is 9.59 Å². The molecule has 2 atom stereocenters. The molecule has 1 aromatic rings. The fourth-order valence-electron chi connectivity index (χ4n) is 4.07. The van der Waals surface area contributed by atoms with E-state index >= 15 is 0 Å². The lowest BCUT2D eigenvalue weighted by molar-refractivity contribution is -0.142. The predicted molar refractivity (Wildman–Crippen MR) is 111 cm³/mol. The van der Waals surface area contributed by atoms with Crippen molar-refractivity contribution in [2.24, 2.45) is 5.92 Å². The summed E-state index contributed by atoms with van der Waals surface area (Å²) in [4.78, 5) is 44.0. The third-order valence-corrected chi connectivity index (χ3v) is 5.98. The Bertz CT molecular complexity index is 716. The Kier molecular flexibility index (Phi) is 7.25. The topological polar surface area (TPSA) is 73.0 Å². The molecule has 0 aliphatic carbocycles. The van der Waals surface area contributed by atoms with Gasteiger partial charge in [-0.15, -0.1) is 0 Å². The highest BCUT2D eigenvalue weighted by Crippen LogP contribution is 2.21. The van der Waals surface area contributed by atoms with Gasteiger partial charge in [-0.3, -0.25) is 14.4 Å².